The van der Waals surface area contributed by atoms with Crippen LogP contribution in [0.3, 0.4) is 0 Å². The molecule has 0 radical (unpaired) electrons. The van der Waals surface area contributed by atoms with Crippen molar-refractivity contribution in [3.05, 3.63) is 61.6 Å². The van der Waals surface area contributed by atoms with Crippen molar-refractivity contribution in [2.45, 2.75) is 27.0 Å². The molecule has 0 N–H and O–H groups in total. The van der Waals surface area contributed by atoms with Gasteiger partial charge in [0.1, 0.15) is 18.2 Å². The van der Waals surface area contributed by atoms with E-state index >= 15 is 0 Å². The van der Waals surface area contributed by atoms with E-state index in [-0.39, 0.29) is 18.0 Å². The number of ether oxygens (including phenoxy) is 1. The maximum absolute atomic E-state index is 11.9. The predicted molar refractivity (Wildman–Crippen MR) is 95.4 cm³/mol. The van der Waals surface area contributed by atoms with Crippen molar-refractivity contribution in [3.8, 4) is 10.6 Å². The average Bonchev–Trinajstić information content (AvgIpc) is 3.16. The van der Waals surface area contributed by atoms with Gasteiger partial charge in [-0.2, -0.15) is 0 Å². The zero-order chi connectivity index (χ0) is 17.1. The molecule has 0 saturated heterocycles. The third kappa shape index (κ3) is 3.80. The SMILES string of the molecule is Cc1ccc(-c2nc(COC(=O)Cn3c(C)csc3=O)cs2)cc1. The summed E-state index contributed by atoms with van der Waals surface area (Å²) in [6, 6.07) is 8.13. The van der Waals surface area contributed by atoms with Gasteiger partial charge in [-0.05, 0) is 13.8 Å². The second kappa shape index (κ2) is 7.11. The first-order chi connectivity index (χ1) is 11.5. The summed E-state index contributed by atoms with van der Waals surface area (Å²) in [4.78, 5) is 27.8. The van der Waals surface area contributed by atoms with Crippen LogP contribution in [-0.4, -0.2) is 15.5 Å². The highest BCUT2D eigenvalue weighted by Gasteiger charge is 2.11. The van der Waals surface area contributed by atoms with Crippen molar-refractivity contribution in [1.29, 1.82) is 0 Å². The molecule has 1 aromatic carbocycles. The Balaban J connectivity index is 1.60. The number of hydrogen-bond donors (Lipinski definition) is 0. The second-order valence-electron chi connectivity index (χ2n) is 5.40. The molecular formula is C17H16N2O3S2. The summed E-state index contributed by atoms with van der Waals surface area (Å²) in [6.07, 6.45) is 0. The molecule has 0 amide bonds. The summed E-state index contributed by atoms with van der Waals surface area (Å²) in [5.41, 5.74) is 3.71. The van der Waals surface area contributed by atoms with Gasteiger partial charge in [0.05, 0.1) is 5.69 Å². The minimum Gasteiger partial charge on any atom is -0.458 e. The fourth-order valence-electron chi connectivity index (χ4n) is 2.13. The lowest BCUT2D eigenvalue weighted by atomic mass is 10.2. The molecule has 2 heterocycles. The van der Waals surface area contributed by atoms with Crippen molar-refractivity contribution >= 4 is 28.6 Å². The number of hydrogen-bond acceptors (Lipinski definition) is 6. The van der Waals surface area contributed by atoms with Gasteiger partial charge < -0.3 is 4.74 Å². The van der Waals surface area contributed by atoms with Gasteiger partial charge in [-0.1, -0.05) is 41.2 Å². The van der Waals surface area contributed by atoms with Gasteiger partial charge in [-0.3, -0.25) is 14.2 Å². The Kier molecular flexibility index (Phi) is 4.92. The van der Waals surface area contributed by atoms with Gasteiger partial charge in [0.25, 0.3) is 0 Å². The topological polar surface area (TPSA) is 61.2 Å². The molecule has 0 aliphatic rings. The first-order valence-electron chi connectivity index (χ1n) is 7.35. The van der Waals surface area contributed by atoms with E-state index in [4.69, 9.17) is 4.74 Å². The molecule has 0 unspecified atom stereocenters. The molecule has 5 nitrogen and oxygen atoms in total. The van der Waals surface area contributed by atoms with Crippen LogP contribution in [0.2, 0.25) is 0 Å². The third-order valence-electron chi connectivity index (χ3n) is 3.49. The molecule has 2 aromatic heterocycles. The van der Waals surface area contributed by atoms with Gasteiger partial charge in [0.2, 0.25) is 0 Å². The summed E-state index contributed by atoms with van der Waals surface area (Å²) >= 11 is 2.59. The fourth-order valence-corrected chi connectivity index (χ4v) is 3.67. The van der Waals surface area contributed by atoms with Gasteiger partial charge in [-0.25, -0.2) is 4.98 Å². The number of esters is 1. The maximum Gasteiger partial charge on any atom is 0.326 e. The minimum absolute atomic E-state index is 0.0663. The van der Waals surface area contributed by atoms with Gasteiger partial charge >= 0.3 is 10.8 Å². The second-order valence-corrected chi connectivity index (χ2v) is 7.08. The number of aryl methyl sites for hydroxylation is 2. The Morgan fingerprint density at radius 2 is 1.92 bits per heavy atom. The van der Waals surface area contributed by atoms with Crippen LogP contribution in [0, 0.1) is 13.8 Å². The molecule has 24 heavy (non-hydrogen) atoms. The van der Waals surface area contributed by atoms with Crippen molar-refractivity contribution in [2.24, 2.45) is 0 Å². The molecule has 0 aliphatic heterocycles. The lowest BCUT2D eigenvalue weighted by molar-refractivity contribution is -0.145. The first kappa shape index (κ1) is 16.6. The number of carbonyl (C=O) groups is 1. The van der Waals surface area contributed by atoms with Crippen LogP contribution < -0.4 is 4.87 Å². The van der Waals surface area contributed by atoms with E-state index < -0.39 is 5.97 Å². The van der Waals surface area contributed by atoms with Crippen molar-refractivity contribution in [1.82, 2.24) is 9.55 Å². The van der Waals surface area contributed by atoms with Crippen molar-refractivity contribution in [3.63, 3.8) is 0 Å². The van der Waals surface area contributed by atoms with E-state index in [2.05, 4.69) is 4.98 Å². The molecule has 0 aliphatic carbocycles. The molecular weight excluding hydrogens is 344 g/mol. The number of nitrogens with zero attached hydrogens (tertiary/aromatic N) is 2. The molecule has 124 valence electrons. The van der Waals surface area contributed by atoms with E-state index in [9.17, 15) is 9.59 Å². The van der Waals surface area contributed by atoms with Crippen LogP contribution in [0.15, 0.2) is 39.8 Å². The highest BCUT2D eigenvalue weighted by atomic mass is 32.1. The lowest BCUT2D eigenvalue weighted by Crippen LogP contribution is -2.22. The maximum atomic E-state index is 11.9. The summed E-state index contributed by atoms with van der Waals surface area (Å²) in [5, 5.41) is 4.50. The van der Waals surface area contributed by atoms with Gasteiger partial charge in [0, 0.05) is 22.0 Å². The molecule has 0 bridgehead atoms. The first-order valence-corrected chi connectivity index (χ1v) is 9.11. The Morgan fingerprint density at radius 1 is 1.17 bits per heavy atom. The van der Waals surface area contributed by atoms with E-state index in [1.54, 1.807) is 12.3 Å². The Bertz CT molecular complexity index is 907. The van der Waals surface area contributed by atoms with Crippen LogP contribution in [0.4, 0.5) is 0 Å². The molecule has 0 saturated carbocycles. The van der Waals surface area contributed by atoms with E-state index in [1.165, 1.54) is 21.5 Å². The van der Waals surface area contributed by atoms with Crippen LogP contribution >= 0.6 is 22.7 Å². The minimum atomic E-state index is -0.441. The average molecular weight is 360 g/mol. The van der Waals surface area contributed by atoms with E-state index in [1.807, 2.05) is 36.6 Å². The molecule has 3 aromatic rings. The quantitative estimate of drug-likeness (QED) is 0.654. The zero-order valence-electron chi connectivity index (χ0n) is 13.3. The third-order valence-corrected chi connectivity index (χ3v) is 5.32. The predicted octanol–water partition coefficient (Wildman–Crippen LogP) is 3.39. The molecule has 0 atom stereocenters. The number of thiazole rings is 2. The van der Waals surface area contributed by atoms with E-state index in [0.29, 0.717) is 5.69 Å². The highest BCUT2D eigenvalue weighted by molar-refractivity contribution is 7.13. The largest absolute Gasteiger partial charge is 0.458 e. The zero-order valence-corrected chi connectivity index (χ0v) is 14.9. The lowest BCUT2D eigenvalue weighted by Gasteiger charge is -2.04. The monoisotopic (exact) mass is 360 g/mol. The van der Waals surface area contributed by atoms with Crippen LogP contribution in [-0.2, 0) is 22.7 Å². The number of aromatic nitrogens is 2. The van der Waals surface area contributed by atoms with E-state index in [0.717, 1.165) is 27.6 Å². The Hall–Kier alpha value is -2.25. The number of benzene rings is 1. The highest BCUT2D eigenvalue weighted by Crippen LogP contribution is 2.24. The van der Waals surface area contributed by atoms with Crippen molar-refractivity contribution < 1.29 is 9.53 Å². The Labute approximate surface area is 147 Å². The molecule has 0 spiro atoms. The fraction of sp³-hybridized carbons (Fsp3) is 0.235. The molecule has 0 fully saturated rings. The van der Waals surface area contributed by atoms with Gasteiger partial charge in [-0.15, -0.1) is 11.3 Å². The Morgan fingerprint density at radius 3 is 2.58 bits per heavy atom. The normalized spacial score (nSPS) is 10.8. The molecule has 7 heteroatoms. The summed E-state index contributed by atoms with van der Waals surface area (Å²) in [6.45, 7) is 3.87. The summed E-state index contributed by atoms with van der Waals surface area (Å²) in [7, 11) is 0. The standard InChI is InChI=1S/C17H16N2O3S2/c1-11-3-5-13(6-4-11)16-18-14(10-23-16)8-22-15(20)7-19-12(2)9-24-17(19)21/h3-6,9-10H,7-8H2,1-2H3. The van der Waals surface area contributed by atoms with Crippen LogP contribution in [0.5, 0.6) is 0 Å². The number of carbonyl (C=O) groups excluding carboxylic acids is 1. The summed E-state index contributed by atoms with van der Waals surface area (Å²) in [5.74, 6) is -0.441. The van der Waals surface area contributed by atoms with Gasteiger partial charge in [0.15, 0.2) is 0 Å². The smallest absolute Gasteiger partial charge is 0.326 e. The van der Waals surface area contributed by atoms with Crippen LogP contribution in [0.25, 0.3) is 10.6 Å². The van der Waals surface area contributed by atoms with Crippen LogP contribution in [0.1, 0.15) is 17.0 Å². The van der Waals surface area contributed by atoms with Crippen molar-refractivity contribution in [2.75, 3.05) is 0 Å². The molecule has 3 rings (SSSR count). The number of rotatable bonds is 5. The summed E-state index contributed by atoms with van der Waals surface area (Å²) < 4.78 is 6.64.